The third-order valence-corrected chi connectivity index (χ3v) is 5.46. The van der Waals surface area contributed by atoms with Crippen molar-refractivity contribution in [2.45, 2.75) is 11.1 Å². The Morgan fingerprint density at radius 2 is 1.80 bits per heavy atom. The summed E-state index contributed by atoms with van der Waals surface area (Å²) in [7, 11) is -4.18. The molecule has 20 heavy (non-hydrogen) atoms. The van der Waals surface area contributed by atoms with E-state index >= 15 is 0 Å². The summed E-state index contributed by atoms with van der Waals surface area (Å²) >= 11 is 6.25. The molecule has 0 aliphatic rings. The molecule has 0 aliphatic carbocycles. The summed E-state index contributed by atoms with van der Waals surface area (Å²) in [6.07, 6.45) is 0. The number of rotatable bonds is 3. The van der Waals surface area contributed by atoms with Gasteiger partial charge in [0, 0.05) is 12.1 Å². The van der Waals surface area contributed by atoms with E-state index < -0.39 is 33.2 Å². The van der Waals surface area contributed by atoms with E-state index in [0.717, 1.165) is 0 Å². The molecule has 0 aliphatic heterocycles. The standard InChI is InChI=1S/C10H6ClF3N2O2S2/c1-4-9(19-10(11)15-4)20(17,18)16-8-3-6(13)5(12)2-7(8)14/h2-3,16H,1H3. The first-order chi connectivity index (χ1) is 9.20. The van der Waals surface area contributed by atoms with Crippen LogP contribution in [0.15, 0.2) is 16.3 Å². The molecule has 0 spiro atoms. The lowest BCUT2D eigenvalue weighted by Gasteiger charge is -2.08. The van der Waals surface area contributed by atoms with Crippen molar-refractivity contribution in [3.63, 3.8) is 0 Å². The van der Waals surface area contributed by atoms with Crippen LogP contribution in [0.25, 0.3) is 0 Å². The summed E-state index contributed by atoms with van der Waals surface area (Å²) < 4.78 is 64.8. The molecule has 0 amide bonds. The van der Waals surface area contributed by atoms with Gasteiger partial charge in [0.15, 0.2) is 20.3 Å². The fourth-order valence-corrected chi connectivity index (χ4v) is 4.19. The van der Waals surface area contributed by atoms with E-state index in [-0.39, 0.29) is 20.4 Å². The topological polar surface area (TPSA) is 59.1 Å². The van der Waals surface area contributed by atoms with Gasteiger partial charge in [-0.05, 0) is 6.92 Å². The highest BCUT2D eigenvalue weighted by Crippen LogP contribution is 2.29. The highest BCUT2D eigenvalue weighted by atomic mass is 35.5. The highest BCUT2D eigenvalue weighted by molar-refractivity contribution is 7.94. The number of benzene rings is 1. The molecule has 2 rings (SSSR count). The van der Waals surface area contributed by atoms with Crippen molar-refractivity contribution in [1.29, 1.82) is 0 Å². The molecule has 0 saturated heterocycles. The second kappa shape index (κ2) is 5.23. The zero-order chi connectivity index (χ0) is 15.1. The molecule has 10 heteroatoms. The normalized spacial score (nSPS) is 11.7. The maximum Gasteiger partial charge on any atom is 0.273 e. The van der Waals surface area contributed by atoms with Crippen molar-refractivity contribution in [2.24, 2.45) is 0 Å². The Kier molecular flexibility index (Phi) is 3.94. The van der Waals surface area contributed by atoms with Gasteiger partial charge in [-0.3, -0.25) is 4.72 Å². The van der Waals surface area contributed by atoms with Crippen molar-refractivity contribution in [3.8, 4) is 0 Å². The minimum atomic E-state index is -4.18. The molecular formula is C10H6ClF3N2O2S2. The minimum Gasteiger partial charge on any atom is -0.276 e. The van der Waals surface area contributed by atoms with Gasteiger partial charge in [0.05, 0.1) is 11.4 Å². The van der Waals surface area contributed by atoms with Crippen LogP contribution >= 0.6 is 22.9 Å². The molecule has 0 unspecified atom stereocenters. The highest BCUT2D eigenvalue weighted by Gasteiger charge is 2.23. The van der Waals surface area contributed by atoms with E-state index in [1.54, 1.807) is 0 Å². The second-order valence-corrected chi connectivity index (χ2v) is 7.15. The lowest BCUT2D eigenvalue weighted by molar-refractivity contribution is 0.496. The molecule has 0 atom stereocenters. The average Bonchev–Trinajstić information content (AvgIpc) is 2.66. The number of aromatic nitrogens is 1. The summed E-state index contributed by atoms with van der Waals surface area (Å²) in [6.45, 7) is 1.40. The number of nitrogens with one attached hydrogen (secondary N) is 1. The lowest BCUT2D eigenvalue weighted by atomic mass is 10.3. The Morgan fingerprint density at radius 3 is 2.35 bits per heavy atom. The molecule has 1 aromatic heterocycles. The van der Waals surface area contributed by atoms with Crippen LogP contribution < -0.4 is 4.72 Å². The molecule has 4 nitrogen and oxygen atoms in total. The van der Waals surface area contributed by atoms with Crippen molar-refractivity contribution in [3.05, 3.63) is 39.7 Å². The van der Waals surface area contributed by atoms with E-state index in [1.165, 1.54) is 6.92 Å². The van der Waals surface area contributed by atoms with Crippen LogP contribution in [-0.4, -0.2) is 13.4 Å². The zero-order valence-corrected chi connectivity index (χ0v) is 12.1. The first-order valence-corrected chi connectivity index (χ1v) is 7.69. The van der Waals surface area contributed by atoms with Gasteiger partial charge < -0.3 is 0 Å². The molecule has 0 radical (unpaired) electrons. The van der Waals surface area contributed by atoms with Gasteiger partial charge in [0.2, 0.25) is 0 Å². The maximum absolute atomic E-state index is 13.4. The van der Waals surface area contributed by atoms with Crippen LogP contribution in [0.5, 0.6) is 0 Å². The van der Waals surface area contributed by atoms with Gasteiger partial charge in [-0.2, -0.15) is 0 Å². The largest absolute Gasteiger partial charge is 0.276 e. The van der Waals surface area contributed by atoms with E-state index in [2.05, 4.69) is 4.98 Å². The summed E-state index contributed by atoms with van der Waals surface area (Å²) in [4.78, 5) is 3.71. The summed E-state index contributed by atoms with van der Waals surface area (Å²) in [5.74, 6) is -4.02. The van der Waals surface area contributed by atoms with Crippen LogP contribution in [0.1, 0.15) is 5.69 Å². The third-order valence-electron chi connectivity index (χ3n) is 2.23. The first-order valence-electron chi connectivity index (χ1n) is 5.01. The Labute approximate surface area is 121 Å². The van der Waals surface area contributed by atoms with E-state index in [0.29, 0.717) is 17.4 Å². The van der Waals surface area contributed by atoms with Gasteiger partial charge >= 0.3 is 0 Å². The zero-order valence-electron chi connectivity index (χ0n) is 9.75. The predicted molar refractivity (Wildman–Crippen MR) is 69.0 cm³/mol. The van der Waals surface area contributed by atoms with Crippen LogP contribution in [0.2, 0.25) is 4.47 Å². The molecule has 2 aromatic rings. The second-order valence-electron chi connectivity index (χ2n) is 3.69. The van der Waals surface area contributed by atoms with Gasteiger partial charge in [-0.15, -0.1) is 0 Å². The van der Waals surface area contributed by atoms with E-state index in [1.807, 2.05) is 4.72 Å². The summed E-state index contributed by atoms with van der Waals surface area (Å²) in [6, 6.07) is 0.667. The number of hydrogen-bond acceptors (Lipinski definition) is 4. The number of thiazole rings is 1. The van der Waals surface area contributed by atoms with Crippen LogP contribution in [0, 0.1) is 24.4 Å². The first kappa shape index (κ1) is 15.1. The average molecular weight is 343 g/mol. The number of halogens is 4. The predicted octanol–water partition coefficient (Wildman–Crippen LogP) is 3.32. The number of hydrogen-bond donors (Lipinski definition) is 1. The lowest BCUT2D eigenvalue weighted by Crippen LogP contribution is -2.14. The minimum absolute atomic E-state index is 0.00589. The molecule has 1 heterocycles. The van der Waals surface area contributed by atoms with Crippen molar-refractivity contribution in [2.75, 3.05) is 4.72 Å². The van der Waals surface area contributed by atoms with Gasteiger partial charge in [0.25, 0.3) is 10.0 Å². The molecule has 0 bridgehead atoms. The Morgan fingerprint density at radius 1 is 1.20 bits per heavy atom. The molecule has 1 N–H and O–H groups in total. The molecule has 0 saturated carbocycles. The Bertz CT molecular complexity index is 777. The SMILES string of the molecule is Cc1nc(Cl)sc1S(=O)(=O)Nc1cc(F)c(F)cc1F. The summed E-state index contributed by atoms with van der Waals surface area (Å²) in [5.41, 5.74) is -0.580. The molecule has 0 fully saturated rings. The van der Waals surface area contributed by atoms with Crippen molar-refractivity contribution >= 4 is 38.6 Å². The fraction of sp³-hybridized carbons (Fsp3) is 0.100. The van der Waals surface area contributed by atoms with E-state index in [9.17, 15) is 21.6 Å². The van der Waals surface area contributed by atoms with Crippen LogP contribution in [0.3, 0.4) is 0 Å². The van der Waals surface area contributed by atoms with Crippen molar-refractivity contribution < 1.29 is 21.6 Å². The summed E-state index contributed by atoms with van der Waals surface area (Å²) in [5, 5.41) is 0. The van der Waals surface area contributed by atoms with Gasteiger partial charge in [0.1, 0.15) is 5.82 Å². The third kappa shape index (κ3) is 2.89. The number of anilines is 1. The van der Waals surface area contributed by atoms with E-state index in [4.69, 9.17) is 11.6 Å². The van der Waals surface area contributed by atoms with Crippen molar-refractivity contribution in [1.82, 2.24) is 4.98 Å². The molecular weight excluding hydrogens is 337 g/mol. The number of aryl methyl sites for hydroxylation is 1. The molecule has 108 valence electrons. The van der Waals surface area contributed by atoms with Crippen LogP contribution in [0.4, 0.5) is 18.9 Å². The number of sulfonamides is 1. The maximum atomic E-state index is 13.4. The fourth-order valence-electron chi connectivity index (χ4n) is 1.39. The van der Waals surface area contributed by atoms with Gasteiger partial charge in [-0.25, -0.2) is 26.6 Å². The number of nitrogens with zero attached hydrogens (tertiary/aromatic N) is 1. The Hall–Kier alpha value is -1.32. The Balaban J connectivity index is 2.43. The molecule has 1 aromatic carbocycles. The quantitative estimate of drug-likeness (QED) is 0.870. The van der Waals surface area contributed by atoms with Crippen LogP contribution in [-0.2, 0) is 10.0 Å². The monoisotopic (exact) mass is 342 g/mol. The van der Waals surface area contributed by atoms with Gasteiger partial charge in [-0.1, -0.05) is 22.9 Å². The smallest absolute Gasteiger partial charge is 0.273 e.